The maximum Gasteiger partial charge on any atom is 0.133 e. The van der Waals surface area contributed by atoms with Gasteiger partial charge in [0.05, 0.1) is 5.52 Å². The summed E-state index contributed by atoms with van der Waals surface area (Å²) in [5.41, 5.74) is 2.17. The van der Waals surface area contributed by atoms with Gasteiger partial charge in [0.1, 0.15) is 5.15 Å². The van der Waals surface area contributed by atoms with E-state index in [1.807, 2.05) is 12.1 Å². The molecular formula is C12H9BrClN. The van der Waals surface area contributed by atoms with Crippen molar-refractivity contribution < 1.29 is 0 Å². The predicted octanol–water partition coefficient (Wildman–Crippen LogP) is 4.53. The highest BCUT2D eigenvalue weighted by Crippen LogP contribution is 2.43. The molecule has 3 rings (SSSR count). The van der Waals surface area contributed by atoms with Crippen molar-refractivity contribution in [3.63, 3.8) is 0 Å². The van der Waals surface area contributed by atoms with Crippen LogP contribution in [-0.4, -0.2) is 4.98 Å². The molecule has 3 heteroatoms. The molecule has 1 aliphatic carbocycles. The molecule has 1 aliphatic rings. The lowest BCUT2D eigenvalue weighted by atomic mass is 10.1. The standard InChI is InChI=1S/C12H9BrClN/c13-9-4-3-8-5-10(7-1-2-7)12(14)15-11(8)6-9/h3-7H,1-2H2. The summed E-state index contributed by atoms with van der Waals surface area (Å²) in [7, 11) is 0. The molecule has 0 unspecified atom stereocenters. The average Bonchev–Trinajstić information content (AvgIpc) is 3.00. The molecule has 1 fully saturated rings. The first kappa shape index (κ1) is 9.61. The number of rotatable bonds is 1. The SMILES string of the molecule is Clc1nc2cc(Br)ccc2cc1C1CC1. The molecule has 0 atom stereocenters. The number of hydrogen-bond acceptors (Lipinski definition) is 1. The van der Waals surface area contributed by atoms with E-state index in [-0.39, 0.29) is 0 Å². The minimum Gasteiger partial charge on any atom is -0.236 e. The number of aromatic nitrogens is 1. The van der Waals surface area contributed by atoms with E-state index in [9.17, 15) is 0 Å². The third-order valence-corrected chi connectivity index (χ3v) is 3.57. The van der Waals surface area contributed by atoms with Gasteiger partial charge in [-0.25, -0.2) is 4.98 Å². The maximum absolute atomic E-state index is 6.16. The van der Waals surface area contributed by atoms with Gasteiger partial charge in [-0.2, -0.15) is 0 Å². The Morgan fingerprint density at radius 2 is 2.07 bits per heavy atom. The van der Waals surface area contributed by atoms with Crippen molar-refractivity contribution in [2.45, 2.75) is 18.8 Å². The highest BCUT2D eigenvalue weighted by Gasteiger charge is 2.26. The van der Waals surface area contributed by atoms with Gasteiger partial charge in [0, 0.05) is 9.86 Å². The van der Waals surface area contributed by atoms with Gasteiger partial charge in [0.15, 0.2) is 0 Å². The number of nitrogens with zero attached hydrogens (tertiary/aromatic N) is 1. The van der Waals surface area contributed by atoms with Crippen LogP contribution in [-0.2, 0) is 0 Å². The molecule has 0 radical (unpaired) electrons. The van der Waals surface area contributed by atoms with E-state index in [0.29, 0.717) is 11.1 Å². The molecule has 0 bridgehead atoms. The smallest absolute Gasteiger partial charge is 0.133 e. The molecule has 0 aliphatic heterocycles. The molecule has 0 N–H and O–H groups in total. The van der Waals surface area contributed by atoms with Crippen molar-refractivity contribution in [2.24, 2.45) is 0 Å². The summed E-state index contributed by atoms with van der Waals surface area (Å²) in [5.74, 6) is 0.651. The van der Waals surface area contributed by atoms with Gasteiger partial charge in [-0.15, -0.1) is 0 Å². The summed E-state index contributed by atoms with van der Waals surface area (Å²) in [5, 5.41) is 1.84. The van der Waals surface area contributed by atoms with Crippen LogP contribution >= 0.6 is 27.5 Å². The zero-order valence-electron chi connectivity index (χ0n) is 8.00. The van der Waals surface area contributed by atoms with Gasteiger partial charge >= 0.3 is 0 Å². The van der Waals surface area contributed by atoms with E-state index >= 15 is 0 Å². The first-order chi connectivity index (χ1) is 7.24. The third kappa shape index (κ3) is 1.77. The van der Waals surface area contributed by atoms with E-state index in [4.69, 9.17) is 11.6 Å². The number of hydrogen-bond donors (Lipinski definition) is 0. The van der Waals surface area contributed by atoms with Crippen LogP contribution < -0.4 is 0 Å². The predicted molar refractivity (Wildman–Crippen MR) is 66.4 cm³/mol. The molecule has 1 aromatic carbocycles. The monoisotopic (exact) mass is 281 g/mol. The first-order valence-electron chi connectivity index (χ1n) is 5.00. The normalized spacial score (nSPS) is 15.9. The first-order valence-corrected chi connectivity index (χ1v) is 6.17. The fraction of sp³-hybridized carbons (Fsp3) is 0.250. The molecule has 1 nitrogen and oxygen atoms in total. The van der Waals surface area contributed by atoms with Crippen LogP contribution in [0.3, 0.4) is 0 Å². The molecule has 2 aromatic rings. The average molecular weight is 283 g/mol. The van der Waals surface area contributed by atoms with Crippen molar-refractivity contribution >= 4 is 38.4 Å². The molecule has 15 heavy (non-hydrogen) atoms. The molecule has 1 saturated carbocycles. The molecule has 1 aromatic heterocycles. The molecule has 0 amide bonds. The lowest BCUT2D eigenvalue weighted by Crippen LogP contribution is -1.87. The summed E-state index contributed by atoms with van der Waals surface area (Å²) in [6, 6.07) is 8.29. The Balaban J connectivity index is 2.25. The van der Waals surface area contributed by atoms with Crippen LogP contribution in [0.15, 0.2) is 28.7 Å². The number of halogens is 2. The zero-order chi connectivity index (χ0) is 10.4. The second-order valence-electron chi connectivity index (χ2n) is 3.98. The highest BCUT2D eigenvalue weighted by atomic mass is 79.9. The van der Waals surface area contributed by atoms with Crippen molar-refractivity contribution in [2.75, 3.05) is 0 Å². The largest absolute Gasteiger partial charge is 0.236 e. The Labute approximate surface area is 102 Å². The van der Waals surface area contributed by atoms with Crippen LogP contribution in [0, 0.1) is 0 Å². The number of fused-ring (bicyclic) bond motifs is 1. The highest BCUT2D eigenvalue weighted by molar-refractivity contribution is 9.10. The molecule has 76 valence electrons. The fourth-order valence-corrected chi connectivity index (χ4v) is 2.46. The van der Waals surface area contributed by atoms with Gasteiger partial charge in [-0.1, -0.05) is 33.6 Å². The van der Waals surface area contributed by atoms with E-state index in [2.05, 4.69) is 33.0 Å². The van der Waals surface area contributed by atoms with Gasteiger partial charge in [-0.3, -0.25) is 0 Å². The van der Waals surface area contributed by atoms with E-state index in [1.54, 1.807) is 0 Å². The topological polar surface area (TPSA) is 12.9 Å². The van der Waals surface area contributed by atoms with Gasteiger partial charge in [0.2, 0.25) is 0 Å². The molecule has 0 saturated heterocycles. The molecule has 0 spiro atoms. The third-order valence-electron chi connectivity index (χ3n) is 2.78. The van der Waals surface area contributed by atoms with E-state index in [0.717, 1.165) is 9.99 Å². The summed E-state index contributed by atoms with van der Waals surface area (Å²) >= 11 is 9.60. The van der Waals surface area contributed by atoms with Crippen LogP contribution in [0.4, 0.5) is 0 Å². The molecular weight excluding hydrogens is 273 g/mol. The summed E-state index contributed by atoms with van der Waals surface area (Å²) < 4.78 is 1.04. The molecule has 1 heterocycles. The van der Waals surface area contributed by atoms with Gasteiger partial charge in [0.25, 0.3) is 0 Å². The summed E-state index contributed by atoms with van der Waals surface area (Å²) in [6.07, 6.45) is 2.51. The van der Waals surface area contributed by atoms with Crippen molar-refractivity contribution in [1.29, 1.82) is 0 Å². The maximum atomic E-state index is 6.16. The minimum atomic E-state index is 0.651. The lowest BCUT2D eigenvalue weighted by molar-refractivity contribution is 1.11. The van der Waals surface area contributed by atoms with Gasteiger partial charge < -0.3 is 0 Å². The van der Waals surface area contributed by atoms with Crippen LogP contribution in [0.2, 0.25) is 5.15 Å². The summed E-state index contributed by atoms with van der Waals surface area (Å²) in [6.45, 7) is 0. The number of benzene rings is 1. The Morgan fingerprint density at radius 1 is 1.27 bits per heavy atom. The summed E-state index contributed by atoms with van der Waals surface area (Å²) in [4.78, 5) is 4.43. The Hall–Kier alpha value is -0.600. The van der Waals surface area contributed by atoms with Crippen LogP contribution in [0.1, 0.15) is 24.3 Å². The Bertz CT molecular complexity index is 534. The Kier molecular flexibility index (Phi) is 2.22. The quantitative estimate of drug-likeness (QED) is 0.700. The van der Waals surface area contributed by atoms with Crippen LogP contribution in [0.25, 0.3) is 10.9 Å². The van der Waals surface area contributed by atoms with E-state index in [1.165, 1.54) is 23.8 Å². The number of pyridine rings is 1. The Morgan fingerprint density at radius 3 is 2.80 bits per heavy atom. The van der Waals surface area contributed by atoms with Crippen molar-refractivity contribution in [3.05, 3.63) is 39.5 Å². The van der Waals surface area contributed by atoms with Crippen LogP contribution in [0.5, 0.6) is 0 Å². The van der Waals surface area contributed by atoms with Crippen molar-refractivity contribution in [3.8, 4) is 0 Å². The lowest BCUT2D eigenvalue weighted by Gasteiger charge is -2.04. The zero-order valence-corrected chi connectivity index (χ0v) is 10.3. The van der Waals surface area contributed by atoms with Gasteiger partial charge in [-0.05, 0) is 42.5 Å². The second kappa shape index (κ2) is 3.46. The van der Waals surface area contributed by atoms with Crippen molar-refractivity contribution in [1.82, 2.24) is 4.98 Å². The minimum absolute atomic E-state index is 0.651. The fourth-order valence-electron chi connectivity index (χ4n) is 1.81. The second-order valence-corrected chi connectivity index (χ2v) is 5.25. The van der Waals surface area contributed by atoms with E-state index < -0.39 is 0 Å².